The summed E-state index contributed by atoms with van der Waals surface area (Å²) in [5.74, 6) is -3.13. The van der Waals surface area contributed by atoms with Gasteiger partial charge in [0.1, 0.15) is 5.82 Å². The molecule has 1 unspecified atom stereocenters. The maximum atomic E-state index is 13.7. The molecule has 0 fully saturated rings. The Balaban J connectivity index is 2.46. The summed E-state index contributed by atoms with van der Waals surface area (Å²) in [7, 11) is 0. The van der Waals surface area contributed by atoms with Gasteiger partial charge in [0.15, 0.2) is 11.6 Å². The van der Waals surface area contributed by atoms with E-state index in [9.17, 15) is 13.2 Å². The van der Waals surface area contributed by atoms with Crippen molar-refractivity contribution in [3.63, 3.8) is 0 Å². The molecule has 100 valence electrons. The highest BCUT2D eigenvalue weighted by molar-refractivity contribution is 9.10. The molecule has 0 aliphatic rings. The third-order valence-corrected chi connectivity index (χ3v) is 4.80. The largest absolute Gasteiger partial charge is 0.207 e. The van der Waals surface area contributed by atoms with Crippen LogP contribution in [0.15, 0.2) is 34.8 Å². The van der Waals surface area contributed by atoms with Gasteiger partial charge in [-0.1, -0.05) is 33.6 Å². The van der Waals surface area contributed by atoms with Crippen molar-refractivity contribution in [2.45, 2.75) is 4.83 Å². The second-order valence-electron chi connectivity index (χ2n) is 3.82. The van der Waals surface area contributed by atoms with E-state index in [0.717, 1.165) is 6.07 Å². The van der Waals surface area contributed by atoms with Gasteiger partial charge in [0.25, 0.3) is 0 Å². The Bertz CT molecular complexity index is 632. The smallest absolute Gasteiger partial charge is 0.161 e. The first-order chi connectivity index (χ1) is 8.90. The number of rotatable bonds is 2. The van der Waals surface area contributed by atoms with Gasteiger partial charge in [-0.2, -0.15) is 0 Å². The fourth-order valence-electron chi connectivity index (χ4n) is 1.58. The first-order valence-corrected chi connectivity index (χ1v) is 7.22. The van der Waals surface area contributed by atoms with Crippen molar-refractivity contribution in [3.8, 4) is 0 Å². The van der Waals surface area contributed by atoms with E-state index in [1.54, 1.807) is 18.2 Å². The molecule has 0 bridgehead atoms. The van der Waals surface area contributed by atoms with Crippen LogP contribution in [0.4, 0.5) is 13.2 Å². The molecule has 2 aromatic rings. The fraction of sp³-hybridized carbons (Fsp3) is 0.0769. The number of benzene rings is 2. The number of halogens is 6. The Morgan fingerprint density at radius 2 is 1.58 bits per heavy atom. The molecule has 0 aliphatic heterocycles. The minimum Gasteiger partial charge on any atom is -0.207 e. The first kappa shape index (κ1) is 14.9. The second kappa shape index (κ2) is 5.85. The van der Waals surface area contributed by atoms with Crippen LogP contribution >= 0.6 is 43.5 Å². The summed E-state index contributed by atoms with van der Waals surface area (Å²) >= 11 is 12.4. The van der Waals surface area contributed by atoms with Gasteiger partial charge >= 0.3 is 0 Å². The van der Waals surface area contributed by atoms with Crippen LogP contribution in [0.5, 0.6) is 0 Å². The molecule has 2 aromatic carbocycles. The Morgan fingerprint density at radius 1 is 0.947 bits per heavy atom. The van der Waals surface area contributed by atoms with Crippen LogP contribution < -0.4 is 0 Å². The van der Waals surface area contributed by atoms with Gasteiger partial charge < -0.3 is 0 Å². The van der Waals surface area contributed by atoms with Crippen LogP contribution in [0.25, 0.3) is 0 Å². The Hall–Kier alpha value is -0.520. The molecule has 0 aliphatic carbocycles. The van der Waals surface area contributed by atoms with Crippen LogP contribution in [0.3, 0.4) is 0 Å². The van der Waals surface area contributed by atoms with E-state index in [4.69, 9.17) is 11.6 Å². The summed E-state index contributed by atoms with van der Waals surface area (Å²) < 4.78 is 40.4. The molecule has 2 rings (SSSR count). The van der Waals surface area contributed by atoms with Gasteiger partial charge in [0, 0.05) is 16.1 Å². The molecule has 0 saturated heterocycles. The van der Waals surface area contributed by atoms with E-state index in [1.165, 1.54) is 0 Å². The summed E-state index contributed by atoms with van der Waals surface area (Å²) in [6.07, 6.45) is 0. The molecule has 0 nitrogen and oxygen atoms in total. The third kappa shape index (κ3) is 3.15. The molecule has 1 atom stereocenters. The molecule has 0 saturated carbocycles. The number of hydrogen-bond acceptors (Lipinski definition) is 0. The van der Waals surface area contributed by atoms with Crippen molar-refractivity contribution >= 4 is 43.5 Å². The molecular formula is C13H6Br2ClF3. The van der Waals surface area contributed by atoms with Gasteiger partial charge in [0.05, 0.1) is 9.85 Å². The fourth-order valence-corrected chi connectivity index (χ4v) is 2.65. The van der Waals surface area contributed by atoms with Crippen molar-refractivity contribution in [1.29, 1.82) is 0 Å². The van der Waals surface area contributed by atoms with E-state index in [1.807, 2.05) is 0 Å². The average Bonchev–Trinajstić information content (AvgIpc) is 2.36. The minimum absolute atomic E-state index is 0.0114. The first-order valence-electron chi connectivity index (χ1n) is 5.13. The third-order valence-electron chi connectivity index (χ3n) is 2.55. The van der Waals surface area contributed by atoms with Gasteiger partial charge in [-0.05, 0) is 39.7 Å². The summed E-state index contributed by atoms with van der Waals surface area (Å²) in [5.41, 5.74) is 0.649. The van der Waals surface area contributed by atoms with Crippen molar-refractivity contribution in [2.24, 2.45) is 0 Å². The van der Waals surface area contributed by atoms with Gasteiger partial charge in [-0.15, -0.1) is 0 Å². The van der Waals surface area contributed by atoms with Gasteiger partial charge in [-0.25, -0.2) is 13.2 Å². The van der Waals surface area contributed by atoms with E-state index >= 15 is 0 Å². The maximum absolute atomic E-state index is 13.7. The second-order valence-corrected chi connectivity index (χ2v) is 6.00. The zero-order valence-electron chi connectivity index (χ0n) is 9.23. The van der Waals surface area contributed by atoms with Gasteiger partial charge in [-0.3, -0.25) is 0 Å². The maximum Gasteiger partial charge on any atom is 0.161 e. The van der Waals surface area contributed by atoms with Crippen LogP contribution in [-0.2, 0) is 0 Å². The van der Waals surface area contributed by atoms with Crippen molar-refractivity contribution in [1.82, 2.24) is 0 Å². The average molecular weight is 414 g/mol. The lowest BCUT2D eigenvalue weighted by atomic mass is 10.0. The molecule has 6 heteroatoms. The van der Waals surface area contributed by atoms with E-state index in [-0.39, 0.29) is 5.56 Å². The molecule has 0 N–H and O–H groups in total. The normalized spacial score (nSPS) is 12.5. The molecule has 0 amide bonds. The molecular weight excluding hydrogens is 408 g/mol. The molecule has 0 radical (unpaired) electrons. The SMILES string of the molecule is Fc1cc(F)c(C(Br)c2ccc(Br)c(Cl)c2)cc1F. The molecule has 0 heterocycles. The van der Waals surface area contributed by atoms with Gasteiger partial charge in [0.2, 0.25) is 0 Å². The Morgan fingerprint density at radius 3 is 2.21 bits per heavy atom. The highest BCUT2D eigenvalue weighted by Crippen LogP contribution is 2.36. The van der Waals surface area contributed by atoms with Crippen molar-refractivity contribution < 1.29 is 13.2 Å². The van der Waals surface area contributed by atoms with Crippen molar-refractivity contribution in [2.75, 3.05) is 0 Å². The van der Waals surface area contributed by atoms with Crippen molar-refractivity contribution in [3.05, 3.63) is 68.4 Å². The molecule has 19 heavy (non-hydrogen) atoms. The summed E-state index contributed by atoms with van der Waals surface area (Å²) in [6.45, 7) is 0. The summed E-state index contributed by atoms with van der Waals surface area (Å²) in [5, 5.41) is 0.449. The van der Waals surface area contributed by atoms with E-state index < -0.39 is 22.3 Å². The predicted molar refractivity (Wildman–Crippen MR) is 76.2 cm³/mol. The number of alkyl halides is 1. The van der Waals surface area contributed by atoms with Crippen LogP contribution in [-0.4, -0.2) is 0 Å². The minimum atomic E-state index is -1.21. The Kier molecular flexibility index (Phi) is 4.58. The highest BCUT2D eigenvalue weighted by atomic mass is 79.9. The van der Waals surface area contributed by atoms with Crippen LogP contribution in [0.1, 0.15) is 16.0 Å². The highest BCUT2D eigenvalue weighted by Gasteiger charge is 2.18. The number of hydrogen-bond donors (Lipinski definition) is 0. The van der Waals surface area contributed by atoms with E-state index in [0.29, 0.717) is 21.1 Å². The standard InChI is InChI=1S/C13H6Br2ClF3/c14-8-2-1-6(3-9(8)16)13(15)7-4-11(18)12(19)5-10(7)17/h1-5,13H. The van der Waals surface area contributed by atoms with Crippen LogP contribution in [0, 0.1) is 17.5 Å². The topological polar surface area (TPSA) is 0 Å². The molecule has 0 aromatic heterocycles. The zero-order chi connectivity index (χ0) is 14.2. The Labute approximate surface area is 129 Å². The predicted octanol–water partition coefficient (Wildman–Crippen LogP) is 6.00. The lowest BCUT2D eigenvalue weighted by Gasteiger charge is -2.13. The molecule has 0 spiro atoms. The summed E-state index contributed by atoms with van der Waals surface area (Å²) in [6, 6.07) is 6.38. The lowest BCUT2D eigenvalue weighted by Crippen LogP contribution is -2.00. The van der Waals surface area contributed by atoms with Crippen LogP contribution in [0.2, 0.25) is 5.02 Å². The monoisotopic (exact) mass is 412 g/mol. The lowest BCUT2D eigenvalue weighted by molar-refractivity contribution is 0.491. The summed E-state index contributed by atoms with van der Waals surface area (Å²) in [4.78, 5) is -0.617. The zero-order valence-corrected chi connectivity index (χ0v) is 13.2. The quantitative estimate of drug-likeness (QED) is 0.417. The van der Waals surface area contributed by atoms with E-state index in [2.05, 4.69) is 31.9 Å².